The van der Waals surface area contributed by atoms with E-state index >= 15 is 4.79 Å². The maximum atomic E-state index is 15.2. The van der Waals surface area contributed by atoms with Crippen molar-refractivity contribution in [2.75, 3.05) is 13.2 Å². The summed E-state index contributed by atoms with van der Waals surface area (Å²) in [5.41, 5.74) is 12.7. The third kappa shape index (κ3) is 10.6. The van der Waals surface area contributed by atoms with Gasteiger partial charge in [-0.2, -0.15) is 0 Å². The van der Waals surface area contributed by atoms with E-state index in [2.05, 4.69) is 52.0 Å². The summed E-state index contributed by atoms with van der Waals surface area (Å²) in [4.78, 5) is 60.9. The Hall–Kier alpha value is -5.50. The molecule has 4 amide bonds. The molecular formula is C47H53N5O6S2. The van der Waals surface area contributed by atoms with Crippen LogP contribution >= 0.6 is 23.1 Å². The zero-order valence-electron chi connectivity index (χ0n) is 34.2. The van der Waals surface area contributed by atoms with E-state index in [1.807, 2.05) is 105 Å². The first-order chi connectivity index (χ1) is 28.9. The molecule has 6 rings (SSSR count). The average Bonchev–Trinajstić information content (AvgIpc) is 3.88. The van der Waals surface area contributed by atoms with E-state index in [9.17, 15) is 19.5 Å². The first-order valence-electron chi connectivity index (χ1n) is 20.2. The van der Waals surface area contributed by atoms with Gasteiger partial charge >= 0.3 is 6.09 Å². The second-order valence-corrected chi connectivity index (χ2v) is 18.3. The largest absolute Gasteiger partial charge is 0.450 e. The van der Waals surface area contributed by atoms with Gasteiger partial charge in [0.1, 0.15) is 12.1 Å². The molecule has 1 aromatic heterocycles. The number of ether oxygens (including phenoxy) is 1. The van der Waals surface area contributed by atoms with E-state index in [4.69, 9.17) is 10.5 Å². The molecule has 1 aliphatic heterocycles. The highest BCUT2D eigenvalue weighted by Crippen LogP contribution is 2.54. The van der Waals surface area contributed by atoms with Crippen molar-refractivity contribution in [1.82, 2.24) is 20.5 Å². The van der Waals surface area contributed by atoms with Crippen molar-refractivity contribution in [3.8, 4) is 10.4 Å². The Bertz CT molecular complexity index is 2110. The van der Waals surface area contributed by atoms with Crippen LogP contribution in [0.3, 0.4) is 0 Å². The van der Waals surface area contributed by atoms with Crippen LogP contribution in [0.25, 0.3) is 10.4 Å². The molecule has 3 atom stereocenters. The molecule has 314 valence electrons. The minimum absolute atomic E-state index is 0.0603. The molecule has 4 aromatic carbocycles. The van der Waals surface area contributed by atoms with E-state index < -0.39 is 39.7 Å². The number of primary amides is 1. The van der Waals surface area contributed by atoms with Gasteiger partial charge in [0, 0.05) is 30.7 Å². The Morgan fingerprint density at radius 1 is 0.883 bits per heavy atom. The number of likely N-dealkylation sites (tertiary alicyclic amines) is 1. The molecule has 0 saturated carbocycles. The lowest BCUT2D eigenvalue weighted by atomic mass is 9.84. The number of thioether (sulfide) groups is 1. The van der Waals surface area contributed by atoms with Crippen LogP contribution in [0.4, 0.5) is 4.79 Å². The second-order valence-electron chi connectivity index (χ2n) is 15.5. The zero-order chi connectivity index (χ0) is 42.7. The first kappa shape index (κ1) is 44.1. The number of aliphatic hydroxyl groups is 1. The summed E-state index contributed by atoms with van der Waals surface area (Å²) in [5, 5.41) is 17.1. The lowest BCUT2D eigenvalue weighted by molar-refractivity contribution is -0.142. The van der Waals surface area contributed by atoms with Gasteiger partial charge in [-0.05, 0) is 67.9 Å². The Morgan fingerprint density at radius 2 is 1.47 bits per heavy atom. The number of β-amino-alcohol motifs (C(OH)–C–C–N with tert-alkyl or cyclic N) is 1. The highest BCUT2D eigenvalue weighted by molar-refractivity contribution is 8.02. The normalized spacial score (nSPS) is 15.9. The van der Waals surface area contributed by atoms with E-state index in [1.165, 1.54) is 4.90 Å². The number of nitrogens with two attached hydrogens (primary N) is 1. The molecular weight excluding hydrogens is 795 g/mol. The number of unbranched alkanes of at least 4 members (excludes halogenated alkanes) is 2. The second kappa shape index (κ2) is 20.2. The quantitative estimate of drug-likeness (QED) is 0.0526. The van der Waals surface area contributed by atoms with Gasteiger partial charge in [-0.25, -0.2) is 9.78 Å². The monoisotopic (exact) mass is 847 g/mol. The molecule has 1 saturated heterocycles. The highest BCUT2D eigenvalue weighted by atomic mass is 32.2. The fourth-order valence-electron chi connectivity index (χ4n) is 7.78. The number of amides is 4. The molecule has 0 spiro atoms. The number of carbonyl (C=O) groups excluding carboxylic acids is 4. The van der Waals surface area contributed by atoms with Crippen molar-refractivity contribution >= 4 is 46.9 Å². The van der Waals surface area contributed by atoms with Gasteiger partial charge in [-0.1, -0.05) is 115 Å². The number of nitrogens with one attached hydrogen (secondary N) is 2. The molecule has 1 aliphatic rings. The number of aromatic nitrogens is 1. The Balaban J connectivity index is 1.29. The Labute approximate surface area is 360 Å². The number of hydrogen-bond acceptors (Lipinski definition) is 9. The SMILES string of the molecule is Cc1ncsc1-c1ccc(CNC(=O)[C@@H]2C[C@@H](O)CN2C(=O)[C@@H](NC(=O)CCCCCOC(N)=O)C(C)(C)SC(c2ccccc2)(c2ccccc2)c2ccccc2)cc1. The van der Waals surface area contributed by atoms with Crippen LogP contribution in [0.1, 0.15) is 73.9 Å². The van der Waals surface area contributed by atoms with E-state index in [0.29, 0.717) is 19.3 Å². The lowest BCUT2D eigenvalue weighted by Crippen LogP contribution is -2.60. The minimum Gasteiger partial charge on any atom is -0.450 e. The van der Waals surface area contributed by atoms with Gasteiger partial charge in [-0.15, -0.1) is 23.1 Å². The number of carbonyl (C=O) groups is 4. The summed E-state index contributed by atoms with van der Waals surface area (Å²) in [6.45, 7) is 6.19. The van der Waals surface area contributed by atoms with Crippen molar-refractivity contribution < 1.29 is 29.0 Å². The number of hydrogen-bond donors (Lipinski definition) is 4. The fourth-order valence-corrected chi connectivity index (χ4v) is 10.4. The van der Waals surface area contributed by atoms with Crippen LogP contribution in [-0.4, -0.2) is 74.9 Å². The molecule has 11 nitrogen and oxygen atoms in total. The number of aliphatic hydroxyl groups excluding tert-OH is 1. The predicted molar refractivity (Wildman–Crippen MR) is 237 cm³/mol. The average molecular weight is 848 g/mol. The summed E-state index contributed by atoms with van der Waals surface area (Å²) in [6, 6.07) is 36.1. The topological polar surface area (TPSA) is 164 Å². The van der Waals surface area contributed by atoms with Gasteiger partial charge in [0.05, 0.1) is 33.5 Å². The number of aryl methyl sites for hydroxylation is 1. The van der Waals surface area contributed by atoms with Crippen LogP contribution in [0.5, 0.6) is 0 Å². The summed E-state index contributed by atoms with van der Waals surface area (Å²) in [7, 11) is 0. The Kier molecular flexibility index (Phi) is 14.8. The number of thiazole rings is 1. The number of rotatable bonds is 18. The van der Waals surface area contributed by atoms with E-state index in [1.54, 1.807) is 23.1 Å². The number of nitrogens with zero attached hydrogens (tertiary/aromatic N) is 2. The standard InChI is InChI=1S/C47H53N5O6S2/c1-32-41(59-31-50-32)34-25-23-33(24-26-34)29-49-43(55)39-28-38(53)30-52(39)44(56)42(51-40(54)22-14-7-15-27-58-45(48)57)46(2,3)60-47(35-16-8-4-9-17-35,36-18-10-5-11-19-36)37-20-12-6-13-21-37/h4-6,8-13,16-21,23-26,31,38-39,42,53H,7,14-15,22,27-30H2,1-3H3,(H2,48,57)(H,49,55)(H,51,54)/t38-,39+,42-/m1/s1. The maximum absolute atomic E-state index is 15.2. The van der Waals surface area contributed by atoms with Crippen molar-refractivity contribution in [3.63, 3.8) is 0 Å². The maximum Gasteiger partial charge on any atom is 0.404 e. The van der Waals surface area contributed by atoms with Gasteiger partial charge in [0.25, 0.3) is 0 Å². The fraction of sp³-hybridized carbons (Fsp3) is 0.340. The van der Waals surface area contributed by atoms with Gasteiger partial charge in [0.15, 0.2) is 0 Å². The molecule has 5 N–H and O–H groups in total. The molecule has 5 aromatic rings. The molecule has 13 heteroatoms. The molecule has 60 heavy (non-hydrogen) atoms. The third-order valence-corrected chi connectivity index (χ3v) is 13.5. The Morgan fingerprint density at radius 3 is 2.00 bits per heavy atom. The van der Waals surface area contributed by atoms with E-state index in [0.717, 1.165) is 38.4 Å². The summed E-state index contributed by atoms with van der Waals surface area (Å²) in [6.07, 6.45) is 0.0286. The van der Waals surface area contributed by atoms with Gasteiger partial charge < -0.3 is 31.1 Å². The van der Waals surface area contributed by atoms with Gasteiger partial charge in [0.2, 0.25) is 17.7 Å². The van der Waals surface area contributed by atoms with Gasteiger partial charge in [-0.3, -0.25) is 14.4 Å². The molecule has 1 fully saturated rings. The van der Waals surface area contributed by atoms with Crippen LogP contribution in [-0.2, 0) is 30.4 Å². The zero-order valence-corrected chi connectivity index (χ0v) is 35.8. The molecule has 0 radical (unpaired) electrons. The number of benzene rings is 4. The molecule has 0 bridgehead atoms. The molecule has 2 heterocycles. The van der Waals surface area contributed by atoms with Crippen molar-refractivity contribution in [2.24, 2.45) is 5.73 Å². The van der Waals surface area contributed by atoms with Crippen LogP contribution in [0.2, 0.25) is 0 Å². The van der Waals surface area contributed by atoms with Crippen molar-refractivity contribution in [3.05, 3.63) is 149 Å². The summed E-state index contributed by atoms with van der Waals surface area (Å²) >= 11 is 3.13. The summed E-state index contributed by atoms with van der Waals surface area (Å²) < 4.78 is 2.98. The van der Waals surface area contributed by atoms with Crippen LogP contribution in [0, 0.1) is 6.92 Å². The highest BCUT2D eigenvalue weighted by Gasteiger charge is 2.50. The molecule has 0 unspecified atom stereocenters. The smallest absolute Gasteiger partial charge is 0.404 e. The van der Waals surface area contributed by atoms with Crippen molar-refractivity contribution in [2.45, 2.75) is 87.1 Å². The minimum atomic E-state index is -1.12. The van der Waals surface area contributed by atoms with E-state index in [-0.39, 0.29) is 44.4 Å². The van der Waals surface area contributed by atoms with Crippen LogP contribution < -0.4 is 16.4 Å². The summed E-state index contributed by atoms with van der Waals surface area (Å²) in [5.74, 6) is -1.18. The van der Waals surface area contributed by atoms with Crippen LogP contribution in [0.15, 0.2) is 121 Å². The predicted octanol–water partition coefficient (Wildman–Crippen LogP) is 7.34. The molecule has 0 aliphatic carbocycles. The first-order valence-corrected chi connectivity index (χ1v) is 21.9. The van der Waals surface area contributed by atoms with Crippen molar-refractivity contribution in [1.29, 1.82) is 0 Å². The third-order valence-electron chi connectivity index (χ3n) is 10.8. The lowest BCUT2D eigenvalue weighted by Gasteiger charge is -2.45.